The monoisotopic (exact) mass is 410 g/mol. The van der Waals surface area contributed by atoms with Crippen molar-refractivity contribution in [2.24, 2.45) is 0 Å². The molecular formula is C23H30N4O3. The Hall–Kier alpha value is -2.90. The van der Waals surface area contributed by atoms with Crippen LogP contribution in [0.4, 0.5) is 5.69 Å². The average molecular weight is 411 g/mol. The third-order valence-corrected chi connectivity index (χ3v) is 5.16. The van der Waals surface area contributed by atoms with Gasteiger partial charge in [0.05, 0.1) is 25.9 Å². The van der Waals surface area contributed by atoms with Crippen molar-refractivity contribution in [1.29, 1.82) is 0 Å². The lowest BCUT2D eigenvalue weighted by Gasteiger charge is -2.34. The molecule has 1 aliphatic rings. The van der Waals surface area contributed by atoms with Gasteiger partial charge >= 0.3 is 0 Å². The number of aryl methyl sites for hydroxylation is 1. The summed E-state index contributed by atoms with van der Waals surface area (Å²) in [5.74, 6) is 0.173. The number of hydrogen-bond acceptors (Lipinski definition) is 5. The van der Waals surface area contributed by atoms with Gasteiger partial charge in [0.15, 0.2) is 0 Å². The molecule has 0 atom stereocenters. The first-order chi connectivity index (χ1) is 14.5. The summed E-state index contributed by atoms with van der Waals surface area (Å²) in [6.45, 7) is 6.65. The third kappa shape index (κ3) is 6.57. The average Bonchev–Trinajstić information content (AvgIpc) is 2.75. The molecule has 0 spiro atoms. The van der Waals surface area contributed by atoms with E-state index in [2.05, 4.69) is 44.7 Å². The second-order valence-corrected chi connectivity index (χ2v) is 7.57. The Kier molecular flexibility index (Phi) is 7.82. The predicted octanol–water partition coefficient (Wildman–Crippen LogP) is 1.88. The molecule has 1 fully saturated rings. The van der Waals surface area contributed by atoms with Gasteiger partial charge in [0, 0.05) is 32.7 Å². The number of ether oxygens (including phenoxy) is 1. The van der Waals surface area contributed by atoms with Crippen molar-refractivity contribution in [1.82, 2.24) is 15.1 Å². The maximum absolute atomic E-state index is 12.2. The summed E-state index contributed by atoms with van der Waals surface area (Å²) in [5, 5.41) is 5.50. The van der Waals surface area contributed by atoms with E-state index in [0.29, 0.717) is 18.0 Å². The minimum atomic E-state index is -0.278. The topological polar surface area (TPSA) is 73.9 Å². The van der Waals surface area contributed by atoms with E-state index < -0.39 is 0 Å². The van der Waals surface area contributed by atoms with Crippen molar-refractivity contribution in [3.8, 4) is 5.75 Å². The number of amides is 2. The largest absolute Gasteiger partial charge is 0.495 e. The zero-order chi connectivity index (χ0) is 21.3. The molecule has 0 aliphatic carbocycles. The van der Waals surface area contributed by atoms with Crippen LogP contribution >= 0.6 is 0 Å². The Labute approximate surface area is 178 Å². The normalized spacial score (nSPS) is 14.9. The molecule has 7 nitrogen and oxygen atoms in total. The van der Waals surface area contributed by atoms with Crippen LogP contribution in [0.2, 0.25) is 0 Å². The van der Waals surface area contributed by atoms with Crippen molar-refractivity contribution in [2.75, 3.05) is 51.7 Å². The van der Waals surface area contributed by atoms with E-state index in [1.165, 1.54) is 5.56 Å². The predicted molar refractivity (Wildman–Crippen MR) is 118 cm³/mol. The number of piperazine rings is 1. The molecule has 0 bridgehead atoms. The van der Waals surface area contributed by atoms with Crippen molar-refractivity contribution >= 4 is 17.5 Å². The number of methoxy groups -OCH3 is 1. The number of anilines is 1. The highest BCUT2D eigenvalue weighted by molar-refractivity contribution is 5.96. The Balaban J connectivity index is 1.37. The van der Waals surface area contributed by atoms with E-state index in [9.17, 15) is 9.59 Å². The standard InChI is InChI=1S/C23H30N4O3/c1-18-8-9-21(30-2)20(14-18)25-22(28)15-24-23(29)17-27-12-10-26(11-13-27)16-19-6-4-3-5-7-19/h3-9,14H,10-13,15-17H2,1-2H3,(H,24,29)(H,25,28). The van der Waals surface area contributed by atoms with Crippen LogP contribution in [0.25, 0.3) is 0 Å². The highest BCUT2D eigenvalue weighted by Gasteiger charge is 2.19. The maximum atomic E-state index is 12.2. The Bertz CT molecular complexity index is 849. The van der Waals surface area contributed by atoms with Gasteiger partial charge in [-0.1, -0.05) is 36.4 Å². The summed E-state index contributed by atoms with van der Waals surface area (Å²) >= 11 is 0. The molecule has 2 N–H and O–H groups in total. The van der Waals surface area contributed by atoms with Gasteiger partial charge in [0.2, 0.25) is 11.8 Å². The van der Waals surface area contributed by atoms with Gasteiger partial charge in [-0.2, -0.15) is 0 Å². The minimum Gasteiger partial charge on any atom is -0.495 e. The van der Waals surface area contributed by atoms with Crippen LogP contribution in [0, 0.1) is 6.92 Å². The Morgan fingerprint density at radius 2 is 1.67 bits per heavy atom. The highest BCUT2D eigenvalue weighted by atomic mass is 16.5. The quantitative estimate of drug-likeness (QED) is 0.695. The fourth-order valence-corrected chi connectivity index (χ4v) is 3.50. The van der Waals surface area contributed by atoms with Crippen molar-refractivity contribution < 1.29 is 14.3 Å². The maximum Gasteiger partial charge on any atom is 0.243 e. The van der Waals surface area contributed by atoms with E-state index >= 15 is 0 Å². The molecule has 1 heterocycles. The van der Waals surface area contributed by atoms with Crippen LogP contribution in [-0.2, 0) is 16.1 Å². The molecule has 3 rings (SSSR count). The Morgan fingerprint density at radius 1 is 0.967 bits per heavy atom. The Morgan fingerprint density at radius 3 is 2.37 bits per heavy atom. The number of hydrogen-bond donors (Lipinski definition) is 2. The smallest absolute Gasteiger partial charge is 0.243 e. The lowest BCUT2D eigenvalue weighted by Crippen LogP contribution is -2.49. The molecule has 30 heavy (non-hydrogen) atoms. The lowest BCUT2D eigenvalue weighted by molar-refractivity contribution is -0.125. The SMILES string of the molecule is COc1ccc(C)cc1NC(=O)CNC(=O)CN1CCN(Cc2ccccc2)CC1. The first kappa shape index (κ1) is 21.8. The molecule has 0 unspecified atom stereocenters. The molecule has 2 amide bonds. The van der Waals surface area contributed by atoms with Crippen LogP contribution in [0.15, 0.2) is 48.5 Å². The molecule has 7 heteroatoms. The van der Waals surface area contributed by atoms with Crippen LogP contribution in [0.3, 0.4) is 0 Å². The van der Waals surface area contributed by atoms with Crippen LogP contribution < -0.4 is 15.4 Å². The van der Waals surface area contributed by atoms with Gasteiger partial charge in [-0.25, -0.2) is 0 Å². The molecule has 160 valence electrons. The van der Waals surface area contributed by atoms with Gasteiger partial charge in [0.1, 0.15) is 5.75 Å². The summed E-state index contributed by atoms with van der Waals surface area (Å²) in [4.78, 5) is 29.0. The van der Waals surface area contributed by atoms with Crippen molar-refractivity contribution in [3.63, 3.8) is 0 Å². The fraction of sp³-hybridized carbons (Fsp3) is 0.391. The molecule has 0 radical (unpaired) electrons. The van der Waals surface area contributed by atoms with Gasteiger partial charge in [0.25, 0.3) is 0 Å². The first-order valence-electron chi connectivity index (χ1n) is 10.2. The second-order valence-electron chi connectivity index (χ2n) is 7.57. The number of rotatable bonds is 8. The molecule has 2 aromatic carbocycles. The van der Waals surface area contributed by atoms with Crippen LogP contribution in [0.5, 0.6) is 5.75 Å². The molecule has 0 saturated carbocycles. The molecule has 1 aliphatic heterocycles. The third-order valence-electron chi connectivity index (χ3n) is 5.16. The second kappa shape index (κ2) is 10.8. The van der Waals surface area contributed by atoms with Gasteiger partial charge in [-0.15, -0.1) is 0 Å². The molecule has 2 aromatic rings. The van der Waals surface area contributed by atoms with E-state index in [-0.39, 0.29) is 18.4 Å². The first-order valence-corrected chi connectivity index (χ1v) is 10.2. The molecular weight excluding hydrogens is 380 g/mol. The van der Waals surface area contributed by atoms with Gasteiger partial charge < -0.3 is 15.4 Å². The molecule has 0 aromatic heterocycles. The number of nitrogens with zero attached hydrogens (tertiary/aromatic N) is 2. The van der Waals surface area contributed by atoms with E-state index in [4.69, 9.17) is 4.74 Å². The summed E-state index contributed by atoms with van der Waals surface area (Å²) in [6, 6.07) is 16.0. The zero-order valence-electron chi connectivity index (χ0n) is 17.7. The van der Waals surface area contributed by atoms with Crippen LogP contribution in [-0.4, -0.2) is 68.0 Å². The van der Waals surface area contributed by atoms with Gasteiger partial charge in [-0.3, -0.25) is 19.4 Å². The summed E-state index contributed by atoms with van der Waals surface area (Å²) in [7, 11) is 1.56. The number of benzene rings is 2. The summed E-state index contributed by atoms with van der Waals surface area (Å²) < 4.78 is 5.26. The lowest BCUT2D eigenvalue weighted by atomic mass is 10.2. The number of nitrogens with one attached hydrogen (secondary N) is 2. The minimum absolute atomic E-state index is 0.0656. The number of carbonyl (C=O) groups excluding carboxylic acids is 2. The van der Waals surface area contributed by atoms with Crippen molar-refractivity contribution in [3.05, 3.63) is 59.7 Å². The summed E-state index contributed by atoms with van der Waals surface area (Å²) in [5.41, 5.74) is 2.92. The fourth-order valence-electron chi connectivity index (χ4n) is 3.50. The summed E-state index contributed by atoms with van der Waals surface area (Å²) in [6.07, 6.45) is 0. The molecule has 1 saturated heterocycles. The van der Waals surface area contributed by atoms with E-state index in [1.807, 2.05) is 25.1 Å². The van der Waals surface area contributed by atoms with E-state index in [0.717, 1.165) is 38.3 Å². The van der Waals surface area contributed by atoms with Crippen LogP contribution in [0.1, 0.15) is 11.1 Å². The van der Waals surface area contributed by atoms with Gasteiger partial charge in [-0.05, 0) is 30.2 Å². The van der Waals surface area contributed by atoms with Crippen molar-refractivity contribution in [2.45, 2.75) is 13.5 Å². The zero-order valence-corrected chi connectivity index (χ0v) is 17.7. The number of carbonyl (C=O) groups is 2. The van der Waals surface area contributed by atoms with E-state index in [1.54, 1.807) is 13.2 Å². The highest BCUT2D eigenvalue weighted by Crippen LogP contribution is 2.24.